The van der Waals surface area contributed by atoms with E-state index in [1.165, 1.54) is 83.5 Å². The van der Waals surface area contributed by atoms with Gasteiger partial charge in [0.25, 0.3) is 0 Å². The molecule has 4 heteroatoms. The lowest BCUT2D eigenvalue weighted by Crippen LogP contribution is -2.25. The molecular formula is C28H56O4. The highest BCUT2D eigenvalue weighted by molar-refractivity contribution is 5.69. The highest BCUT2D eigenvalue weighted by Gasteiger charge is 2.11. The fourth-order valence-electron chi connectivity index (χ4n) is 3.80. The molecule has 0 saturated carbocycles. The minimum absolute atomic E-state index is 0.0311. The maximum atomic E-state index is 12.0. The zero-order valence-corrected chi connectivity index (χ0v) is 22.1. The lowest BCUT2D eigenvalue weighted by Gasteiger charge is -2.17. The number of rotatable bonds is 25. The topological polar surface area (TPSA) is 44.8 Å². The third-order valence-corrected chi connectivity index (χ3v) is 5.93. The summed E-state index contributed by atoms with van der Waals surface area (Å²) in [5.74, 6) is -0.0948. The molecule has 0 aliphatic heterocycles. The van der Waals surface area contributed by atoms with Crippen LogP contribution in [0.3, 0.4) is 0 Å². The molecule has 2 atom stereocenters. The van der Waals surface area contributed by atoms with Gasteiger partial charge < -0.3 is 14.2 Å². The summed E-state index contributed by atoms with van der Waals surface area (Å²) in [4.78, 5) is 12.0. The number of esters is 1. The standard InChI is InChI=1S/C28H56O4/c1-5-7-9-10-11-12-13-14-15-16-17-18-19-20-21-22-28(29)32-27(4)25-31-26(3)24-30-23-8-6-2/h26-27H,5-25H2,1-4H3. The molecule has 0 aromatic heterocycles. The van der Waals surface area contributed by atoms with Crippen LogP contribution in [0.1, 0.15) is 143 Å². The van der Waals surface area contributed by atoms with Crippen LogP contribution in [0.2, 0.25) is 0 Å². The predicted octanol–water partition coefficient (Wildman–Crippen LogP) is 8.40. The van der Waals surface area contributed by atoms with Gasteiger partial charge >= 0.3 is 5.97 Å². The normalized spacial score (nSPS) is 13.2. The molecule has 0 aromatic carbocycles. The maximum absolute atomic E-state index is 12.0. The first-order valence-electron chi connectivity index (χ1n) is 14.0. The van der Waals surface area contributed by atoms with Crippen LogP contribution in [-0.4, -0.2) is 38.0 Å². The summed E-state index contributed by atoms with van der Waals surface area (Å²) < 4.78 is 16.7. The first-order valence-corrected chi connectivity index (χ1v) is 14.0. The molecule has 0 spiro atoms. The summed E-state index contributed by atoms with van der Waals surface area (Å²) in [5.41, 5.74) is 0. The smallest absolute Gasteiger partial charge is 0.306 e. The van der Waals surface area contributed by atoms with E-state index >= 15 is 0 Å². The Morgan fingerprint density at radius 2 is 1.06 bits per heavy atom. The van der Waals surface area contributed by atoms with Crippen LogP contribution in [0.4, 0.5) is 0 Å². The lowest BCUT2D eigenvalue weighted by atomic mass is 10.0. The molecule has 0 fully saturated rings. The van der Waals surface area contributed by atoms with E-state index < -0.39 is 0 Å². The maximum Gasteiger partial charge on any atom is 0.306 e. The summed E-state index contributed by atoms with van der Waals surface area (Å²) in [6.07, 6.45) is 22.6. The van der Waals surface area contributed by atoms with Gasteiger partial charge in [0, 0.05) is 13.0 Å². The molecule has 0 rings (SSSR count). The predicted molar refractivity (Wildman–Crippen MR) is 136 cm³/mol. The average Bonchev–Trinajstić information content (AvgIpc) is 2.78. The summed E-state index contributed by atoms with van der Waals surface area (Å²) in [7, 11) is 0. The number of hydrogen-bond acceptors (Lipinski definition) is 4. The van der Waals surface area contributed by atoms with E-state index in [4.69, 9.17) is 14.2 Å². The van der Waals surface area contributed by atoms with Crippen molar-refractivity contribution in [3.63, 3.8) is 0 Å². The van der Waals surface area contributed by atoms with Gasteiger partial charge in [-0.15, -0.1) is 0 Å². The van der Waals surface area contributed by atoms with Gasteiger partial charge in [-0.3, -0.25) is 4.79 Å². The molecule has 0 bridgehead atoms. The third-order valence-electron chi connectivity index (χ3n) is 5.93. The van der Waals surface area contributed by atoms with Crippen LogP contribution in [0, 0.1) is 0 Å². The first-order chi connectivity index (χ1) is 15.6. The number of hydrogen-bond donors (Lipinski definition) is 0. The summed E-state index contributed by atoms with van der Waals surface area (Å²) >= 11 is 0. The molecule has 0 saturated heterocycles. The molecule has 0 N–H and O–H groups in total. The van der Waals surface area contributed by atoms with E-state index in [1.807, 2.05) is 13.8 Å². The lowest BCUT2D eigenvalue weighted by molar-refractivity contribution is -0.152. The number of ether oxygens (including phenoxy) is 3. The molecule has 0 aromatic rings. The van der Waals surface area contributed by atoms with Crippen molar-refractivity contribution in [2.75, 3.05) is 19.8 Å². The van der Waals surface area contributed by atoms with Crippen LogP contribution < -0.4 is 0 Å². The second-order valence-corrected chi connectivity index (χ2v) is 9.57. The van der Waals surface area contributed by atoms with E-state index in [0.29, 0.717) is 19.6 Å². The molecule has 4 nitrogen and oxygen atoms in total. The van der Waals surface area contributed by atoms with Crippen LogP contribution in [0.15, 0.2) is 0 Å². The number of carbonyl (C=O) groups excluding carboxylic acids is 1. The highest BCUT2D eigenvalue weighted by Crippen LogP contribution is 2.14. The molecule has 0 amide bonds. The molecule has 32 heavy (non-hydrogen) atoms. The molecule has 0 radical (unpaired) electrons. The van der Waals surface area contributed by atoms with E-state index in [-0.39, 0.29) is 18.2 Å². The summed E-state index contributed by atoms with van der Waals surface area (Å²) in [5, 5.41) is 0. The fraction of sp³-hybridized carbons (Fsp3) is 0.964. The van der Waals surface area contributed by atoms with Crippen molar-refractivity contribution in [1.82, 2.24) is 0 Å². The summed E-state index contributed by atoms with van der Waals surface area (Å²) in [6, 6.07) is 0. The zero-order chi connectivity index (χ0) is 23.7. The molecule has 0 heterocycles. The molecule has 0 aliphatic rings. The van der Waals surface area contributed by atoms with Crippen LogP contribution in [0.5, 0.6) is 0 Å². The van der Waals surface area contributed by atoms with Gasteiger partial charge in [0.1, 0.15) is 6.10 Å². The molecule has 192 valence electrons. The highest BCUT2D eigenvalue weighted by atomic mass is 16.6. The Kier molecular flexibility index (Phi) is 24.5. The van der Waals surface area contributed by atoms with Crippen LogP contribution in [0.25, 0.3) is 0 Å². The van der Waals surface area contributed by atoms with Gasteiger partial charge in [0.15, 0.2) is 0 Å². The third kappa shape index (κ3) is 24.0. The van der Waals surface area contributed by atoms with Gasteiger partial charge in [0.05, 0.1) is 19.3 Å². The van der Waals surface area contributed by atoms with Crippen molar-refractivity contribution < 1.29 is 19.0 Å². The van der Waals surface area contributed by atoms with Crippen LogP contribution >= 0.6 is 0 Å². The van der Waals surface area contributed by atoms with Gasteiger partial charge in [-0.05, 0) is 26.7 Å². The Morgan fingerprint density at radius 1 is 0.594 bits per heavy atom. The first kappa shape index (κ1) is 31.4. The molecule has 0 aliphatic carbocycles. The van der Waals surface area contributed by atoms with Crippen LogP contribution in [-0.2, 0) is 19.0 Å². The van der Waals surface area contributed by atoms with E-state index in [9.17, 15) is 4.79 Å². The Hall–Kier alpha value is -0.610. The number of unbranched alkanes of at least 4 members (excludes halogenated alkanes) is 15. The van der Waals surface area contributed by atoms with Gasteiger partial charge in [0.2, 0.25) is 0 Å². The fourth-order valence-corrected chi connectivity index (χ4v) is 3.80. The van der Waals surface area contributed by atoms with Crippen molar-refractivity contribution in [3.05, 3.63) is 0 Å². The monoisotopic (exact) mass is 456 g/mol. The Bertz CT molecular complexity index is 386. The molecular weight excluding hydrogens is 400 g/mol. The van der Waals surface area contributed by atoms with Crippen molar-refractivity contribution in [2.45, 2.75) is 155 Å². The van der Waals surface area contributed by atoms with Gasteiger partial charge in [-0.2, -0.15) is 0 Å². The van der Waals surface area contributed by atoms with E-state index in [1.54, 1.807) is 0 Å². The SMILES string of the molecule is CCCCCCCCCCCCCCCCCC(=O)OC(C)COC(C)COCCCC. The quantitative estimate of drug-likeness (QED) is 0.102. The van der Waals surface area contributed by atoms with Gasteiger partial charge in [-0.1, -0.05) is 110 Å². The van der Waals surface area contributed by atoms with E-state index in [2.05, 4.69) is 13.8 Å². The second-order valence-electron chi connectivity index (χ2n) is 9.57. The average molecular weight is 457 g/mol. The van der Waals surface area contributed by atoms with Crippen molar-refractivity contribution in [3.8, 4) is 0 Å². The van der Waals surface area contributed by atoms with Gasteiger partial charge in [-0.25, -0.2) is 0 Å². The van der Waals surface area contributed by atoms with Crippen molar-refractivity contribution >= 4 is 5.97 Å². The van der Waals surface area contributed by atoms with Crippen molar-refractivity contribution in [1.29, 1.82) is 0 Å². The Labute approximate surface area is 200 Å². The Balaban J connectivity index is 3.36. The second kappa shape index (κ2) is 25.0. The number of carbonyl (C=O) groups is 1. The Morgan fingerprint density at radius 3 is 1.56 bits per heavy atom. The minimum Gasteiger partial charge on any atom is -0.460 e. The summed E-state index contributed by atoms with van der Waals surface area (Å²) in [6.45, 7) is 10.1. The zero-order valence-electron chi connectivity index (χ0n) is 22.1. The van der Waals surface area contributed by atoms with E-state index in [0.717, 1.165) is 32.3 Å². The van der Waals surface area contributed by atoms with Crippen molar-refractivity contribution in [2.24, 2.45) is 0 Å². The largest absolute Gasteiger partial charge is 0.460 e. The molecule has 2 unspecified atom stereocenters. The minimum atomic E-state index is -0.197.